The second-order valence-electron chi connectivity index (χ2n) is 3.69. The minimum absolute atomic E-state index is 0.286. The van der Waals surface area contributed by atoms with Gasteiger partial charge in [-0.05, 0) is 47.1 Å². The minimum atomic E-state index is -3.43. The van der Waals surface area contributed by atoms with Crippen LogP contribution in [0.15, 0.2) is 27.6 Å². The summed E-state index contributed by atoms with van der Waals surface area (Å²) in [6.45, 7) is 5.68. The molecule has 6 heteroatoms. The third kappa shape index (κ3) is 4.39. The molecule has 0 heterocycles. The van der Waals surface area contributed by atoms with Gasteiger partial charge in [0.25, 0.3) is 0 Å². The summed E-state index contributed by atoms with van der Waals surface area (Å²) in [5.74, 6) is 0. The Balaban J connectivity index is 2.79. The van der Waals surface area contributed by atoms with Crippen molar-refractivity contribution in [2.75, 3.05) is 19.6 Å². The first-order valence-electron chi connectivity index (χ1n) is 5.44. The maximum Gasteiger partial charge on any atom is 0.241 e. The van der Waals surface area contributed by atoms with Crippen molar-refractivity contribution in [3.8, 4) is 0 Å². The Hall–Kier alpha value is -0.430. The fourth-order valence-electron chi connectivity index (χ4n) is 1.34. The monoisotopic (exact) mass is 320 g/mol. The molecule has 0 bridgehead atoms. The number of benzene rings is 1. The van der Waals surface area contributed by atoms with Crippen molar-refractivity contribution in [2.24, 2.45) is 0 Å². The zero-order valence-corrected chi connectivity index (χ0v) is 12.4. The maximum atomic E-state index is 12.0. The molecule has 0 unspecified atom stereocenters. The van der Waals surface area contributed by atoms with Crippen LogP contribution < -0.4 is 10.0 Å². The highest BCUT2D eigenvalue weighted by Gasteiger charge is 2.16. The fraction of sp³-hybridized carbons (Fsp3) is 0.455. The Kier molecular flexibility index (Phi) is 5.58. The van der Waals surface area contributed by atoms with Gasteiger partial charge in [-0.15, -0.1) is 0 Å². The zero-order valence-electron chi connectivity index (χ0n) is 9.96. The average molecular weight is 321 g/mol. The molecule has 0 radical (unpaired) electrons. The highest BCUT2D eigenvalue weighted by molar-refractivity contribution is 9.10. The number of likely N-dealkylation sites (N-methyl/N-ethyl adjacent to an activating group) is 1. The molecule has 0 amide bonds. The Morgan fingerprint density at radius 1 is 1.29 bits per heavy atom. The SMILES string of the molecule is CCNCCNS(=O)(=O)c1cc(C)ccc1Br. The Morgan fingerprint density at radius 2 is 2.00 bits per heavy atom. The van der Waals surface area contributed by atoms with Crippen molar-refractivity contribution in [1.82, 2.24) is 10.0 Å². The van der Waals surface area contributed by atoms with Crippen molar-refractivity contribution in [1.29, 1.82) is 0 Å². The van der Waals surface area contributed by atoms with Crippen LogP contribution in [0.25, 0.3) is 0 Å². The van der Waals surface area contributed by atoms with Crippen LogP contribution in [0, 0.1) is 6.92 Å². The van der Waals surface area contributed by atoms with E-state index in [2.05, 4.69) is 26.0 Å². The van der Waals surface area contributed by atoms with Crippen LogP contribution in [0.2, 0.25) is 0 Å². The molecule has 1 aromatic carbocycles. The summed E-state index contributed by atoms with van der Waals surface area (Å²) >= 11 is 3.25. The van der Waals surface area contributed by atoms with E-state index in [1.807, 2.05) is 19.9 Å². The number of aryl methyl sites for hydroxylation is 1. The number of nitrogens with one attached hydrogen (secondary N) is 2. The number of sulfonamides is 1. The van der Waals surface area contributed by atoms with Gasteiger partial charge in [0, 0.05) is 17.6 Å². The topological polar surface area (TPSA) is 58.2 Å². The van der Waals surface area contributed by atoms with Crippen LogP contribution in [0.1, 0.15) is 12.5 Å². The summed E-state index contributed by atoms with van der Waals surface area (Å²) in [5.41, 5.74) is 0.917. The van der Waals surface area contributed by atoms with Crippen LogP contribution >= 0.6 is 15.9 Å². The molecular weight excluding hydrogens is 304 g/mol. The first-order valence-corrected chi connectivity index (χ1v) is 7.71. The van der Waals surface area contributed by atoms with E-state index in [9.17, 15) is 8.42 Å². The van der Waals surface area contributed by atoms with Crippen molar-refractivity contribution >= 4 is 26.0 Å². The Morgan fingerprint density at radius 3 is 2.65 bits per heavy atom. The number of halogens is 1. The van der Waals surface area contributed by atoms with Gasteiger partial charge in [-0.3, -0.25) is 0 Å². The van der Waals surface area contributed by atoms with E-state index in [-0.39, 0.29) is 4.90 Å². The molecule has 2 N–H and O–H groups in total. The standard InChI is InChI=1S/C11H17BrN2O2S/c1-3-13-6-7-14-17(15,16)11-8-9(2)4-5-10(11)12/h4-5,8,13-14H,3,6-7H2,1-2H3. The first kappa shape index (κ1) is 14.6. The zero-order chi connectivity index (χ0) is 12.9. The van der Waals surface area contributed by atoms with E-state index >= 15 is 0 Å². The number of rotatable bonds is 6. The lowest BCUT2D eigenvalue weighted by Gasteiger charge is -2.09. The molecule has 0 atom stereocenters. The van der Waals surface area contributed by atoms with E-state index in [0.29, 0.717) is 17.6 Å². The van der Waals surface area contributed by atoms with Gasteiger partial charge in [0.15, 0.2) is 0 Å². The molecule has 0 aromatic heterocycles. The summed E-state index contributed by atoms with van der Waals surface area (Å²) in [7, 11) is -3.43. The van der Waals surface area contributed by atoms with Crippen molar-refractivity contribution in [3.63, 3.8) is 0 Å². The lowest BCUT2D eigenvalue weighted by Crippen LogP contribution is -2.32. The average Bonchev–Trinajstić information content (AvgIpc) is 2.28. The molecule has 0 saturated carbocycles. The molecule has 0 aliphatic rings. The molecule has 96 valence electrons. The third-order valence-electron chi connectivity index (χ3n) is 2.22. The molecule has 0 fully saturated rings. The van der Waals surface area contributed by atoms with E-state index in [1.165, 1.54) is 0 Å². The van der Waals surface area contributed by atoms with Crippen LogP contribution in [0.4, 0.5) is 0 Å². The lowest BCUT2D eigenvalue weighted by molar-refractivity contribution is 0.577. The van der Waals surface area contributed by atoms with Gasteiger partial charge in [0.1, 0.15) is 0 Å². The van der Waals surface area contributed by atoms with Crippen LogP contribution in [0.5, 0.6) is 0 Å². The van der Waals surface area contributed by atoms with E-state index in [4.69, 9.17) is 0 Å². The quantitative estimate of drug-likeness (QED) is 0.783. The largest absolute Gasteiger partial charge is 0.316 e. The summed E-state index contributed by atoms with van der Waals surface area (Å²) in [6, 6.07) is 5.26. The predicted octanol–water partition coefficient (Wildman–Crippen LogP) is 1.65. The summed E-state index contributed by atoms with van der Waals surface area (Å²) in [6.07, 6.45) is 0. The summed E-state index contributed by atoms with van der Waals surface area (Å²) in [5, 5.41) is 3.06. The molecule has 4 nitrogen and oxygen atoms in total. The van der Waals surface area contributed by atoms with Crippen LogP contribution in [-0.4, -0.2) is 28.1 Å². The van der Waals surface area contributed by atoms with Crippen molar-refractivity contribution < 1.29 is 8.42 Å². The van der Waals surface area contributed by atoms with Crippen molar-refractivity contribution in [2.45, 2.75) is 18.7 Å². The molecular formula is C11H17BrN2O2S. The first-order chi connectivity index (χ1) is 7.97. The molecule has 0 aliphatic carbocycles. The van der Waals surface area contributed by atoms with Gasteiger partial charge in [-0.1, -0.05) is 13.0 Å². The fourth-order valence-corrected chi connectivity index (χ4v) is 3.42. The third-order valence-corrected chi connectivity index (χ3v) is 4.67. The molecule has 17 heavy (non-hydrogen) atoms. The Labute approximate surface area is 111 Å². The van der Waals surface area contributed by atoms with Gasteiger partial charge >= 0.3 is 0 Å². The minimum Gasteiger partial charge on any atom is -0.316 e. The lowest BCUT2D eigenvalue weighted by atomic mass is 10.2. The summed E-state index contributed by atoms with van der Waals surface area (Å²) < 4.78 is 27.1. The molecule has 1 aromatic rings. The van der Waals surface area contributed by atoms with E-state index < -0.39 is 10.0 Å². The number of hydrogen-bond donors (Lipinski definition) is 2. The predicted molar refractivity (Wildman–Crippen MR) is 72.6 cm³/mol. The maximum absolute atomic E-state index is 12.0. The number of hydrogen-bond acceptors (Lipinski definition) is 3. The summed E-state index contributed by atoms with van der Waals surface area (Å²) in [4.78, 5) is 0.286. The van der Waals surface area contributed by atoms with Crippen molar-refractivity contribution in [3.05, 3.63) is 28.2 Å². The van der Waals surface area contributed by atoms with E-state index in [1.54, 1.807) is 12.1 Å². The van der Waals surface area contributed by atoms with Gasteiger partial charge < -0.3 is 5.32 Å². The van der Waals surface area contributed by atoms with Gasteiger partial charge in [0.05, 0.1) is 4.90 Å². The molecule has 0 spiro atoms. The smallest absolute Gasteiger partial charge is 0.241 e. The van der Waals surface area contributed by atoms with Crippen LogP contribution in [-0.2, 0) is 10.0 Å². The second kappa shape index (κ2) is 6.49. The van der Waals surface area contributed by atoms with Gasteiger partial charge in [-0.2, -0.15) is 0 Å². The highest BCUT2D eigenvalue weighted by atomic mass is 79.9. The molecule has 1 rings (SSSR count). The Bertz CT molecular complexity index is 474. The van der Waals surface area contributed by atoms with Gasteiger partial charge in [0.2, 0.25) is 10.0 Å². The van der Waals surface area contributed by atoms with Gasteiger partial charge in [-0.25, -0.2) is 13.1 Å². The molecule has 0 saturated heterocycles. The highest BCUT2D eigenvalue weighted by Crippen LogP contribution is 2.22. The molecule has 0 aliphatic heterocycles. The van der Waals surface area contributed by atoms with Crippen LogP contribution in [0.3, 0.4) is 0 Å². The van der Waals surface area contributed by atoms with E-state index in [0.717, 1.165) is 12.1 Å². The second-order valence-corrected chi connectivity index (χ2v) is 6.27. The normalized spacial score (nSPS) is 11.7.